The highest BCUT2D eigenvalue weighted by atomic mass is 16.6. The van der Waals surface area contributed by atoms with Gasteiger partial charge in [-0.05, 0) is 116 Å². The summed E-state index contributed by atoms with van der Waals surface area (Å²) in [6.07, 6.45) is 86.2. The Morgan fingerprint density at radius 2 is 0.462 bits per heavy atom. The van der Waals surface area contributed by atoms with Crippen LogP contribution in [0.25, 0.3) is 0 Å². The van der Waals surface area contributed by atoms with Crippen LogP contribution in [0.1, 0.15) is 348 Å². The van der Waals surface area contributed by atoms with Crippen molar-refractivity contribution in [2.24, 2.45) is 0 Å². The van der Waals surface area contributed by atoms with E-state index in [0.717, 1.165) is 103 Å². The average Bonchev–Trinajstić information content (AvgIpc) is 3.44. The summed E-state index contributed by atoms with van der Waals surface area (Å²) >= 11 is 0. The van der Waals surface area contributed by atoms with Crippen molar-refractivity contribution in [1.82, 2.24) is 0 Å². The zero-order valence-electron chi connectivity index (χ0n) is 51.9. The van der Waals surface area contributed by atoms with E-state index in [1.165, 1.54) is 205 Å². The number of ether oxygens (including phenoxy) is 3. The Kier molecular flexibility index (Phi) is 63.7. The summed E-state index contributed by atoms with van der Waals surface area (Å²) < 4.78 is 17.0. The maximum Gasteiger partial charge on any atom is 0.306 e. The quantitative estimate of drug-likeness (QED) is 0.0261. The molecular formula is C72H128O6. The van der Waals surface area contributed by atoms with E-state index >= 15 is 0 Å². The van der Waals surface area contributed by atoms with Crippen LogP contribution in [-0.4, -0.2) is 37.2 Å². The molecule has 0 aliphatic carbocycles. The summed E-state index contributed by atoms with van der Waals surface area (Å²) in [7, 11) is 0. The Balaban J connectivity index is 4.38. The molecule has 0 N–H and O–H groups in total. The lowest BCUT2D eigenvalue weighted by Crippen LogP contribution is -2.30. The van der Waals surface area contributed by atoms with Crippen molar-refractivity contribution in [2.45, 2.75) is 354 Å². The van der Waals surface area contributed by atoms with Crippen LogP contribution in [0.3, 0.4) is 0 Å². The molecule has 1 unspecified atom stereocenters. The van der Waals surface area contributed by atoms with Crippen LogP contribution in [0.4, 0.5) is 0 Å². The number of hydrogen-bond acceptors (Lipinski definition) is 6. The number of carbonyl (C=O) groups excluding carboxylic acids is 3. The minimum Gasteiger partial charge on any atom is -0.462 e. The third-order valence-corrected chi connectivity index (χ3v) is 14.9. The molecule has 0 spiro atoms. The molecule has 0 rings (SSSR count). The summed E-state index contributed by atoms with van der Waals surface area (Å²) in [5.74, 6) is -0.895. The molecule has 0 aromatic heterocycles. The lowest BCUT2D eigenvalue weighted by molar-refractivity contribution is -0.167. The van der Waals surface area contributed by atoms with E-state index in [0.29, 0.717) is 19.3 Å². The molecule has 0 saturated carbocycles. The van der Waals surface area contributed by atoms with Crippen LogP contribution in [0, 0.1) is 0 Å². The highest BCUT2D eigenvalue weighted by Crippen LogP contribution is 2.16. The summed E-state index contributed by atoms with van der Waals surface area (Å²) in [5.41, 5.74) is 0. The lowest BCUT2D eigenvalue weighted by atomic mass is 10.0. The van der Waals surface area contributed by atoms with Gasteiger partial charge in [-0.1, -0.05) is 286 Å². The molecule has 0 amide bonds. The van der Waals surface area contributed by atoms with Gasteiger partial charge >= 0.3 is 17.9 Å². The average molecular weight is 1090 g/mol. The van der Waals surface area contributed by atoms with Crippen LogP contribution in [0.15, 0.2) is 72.9 Å². The maximum absolute atomic E-state index is 12.9. The lowest BCUT2D eigenvalue weighted by Gasteiger charge is -2.18. The van der Waals surface area contributed by atoms with E-state index in [9.17, 15) is 14.4 Å². The second-order valence-corrected chi connectivity index (χ2v) is 22.7. The van der Waals surface area contributed by atoms with Crippen molar-refractivity contribution >= 4 is 17.9 Å². The number of hydrogen-bond donors (Lipinski definition) is 0. The van der Waals surface area contributed by atoms with E-state index < -0.39 is 6.10 Å². The van der Waals surface area contributed by atoms with Crippen LogP contribution in [0.5, 0.6) is 0 Å². The molecule has 0 heterocycles. The number of allylic oxidation sites excluding steroid dienone is 12. The van der Waals surface area contributed by atoms with Crippen molar-refractivity contribution in [2.75, 3.05) is 13.2 Å². The number of carbonyl (C=O) groups is 3. The van der Waals surface area contributed by atoms with Gasteiger partial charge in [0.15, 0.2) is 6.10 Å². The smallest absolute Gasteiger partial charge is 0.306 e. The van der Waals surface area contributed by atoms with Crippen LogP contribution in [0.2, 0.25) is 0 Å². The van der Waals surface area contributed by atoms with Gasteiger partial charge in [0.2, 0.25) is 0 Å². The topological polar surface area (TPSA) is 78.9 Å². The molecule has 0 fully saturated rings. The Morgan fingerprint density at radius 3 is 0.744 bits per heavy atom. The standard InChI is InChI=1S/C72H128O6/c1-4-7-10-13-16-19-22-25-28-31-33-35-36-38-39-41-44-47-50-53-56-59-62-65-71(74)77-68-69(67-76-70(73)64-61-58-55-52-49-46-43-30-27-24-21-18-15-12-9-6-3)78-72(75)66-63-60-57-54-51-48-45-42-40-37-34-32-29-26-23-20-17-14-11-8-5-2/h21,23-24,26,30-34,40,42-43,69H,4-20,22,25,27-29,35-39,41,44-68H2,1-3H3/b24-21-,26-23-,33-31-,34-32-,42-40-,43-30-. The molecule has 0 saturated heterocycles. The monoisotopic (exact) mass is 1090 g/mol. The second-order valence-electron chi connectivity index (χ2n) is 22.7. The molecule has 452 valence electrons. The molecule has 78 heavy (non-hydrogen) atoms. The first kappa shape index (κ1) is 74.8. The zero-order valence-corrected chi connectivity index (χ0v) is 51.9. The number of unbranched alkanes of at least 4 members (excludes halogenated alkanes) is 39. The first-order valence-corrected chi connectivity index (χ1v) is 33.9. The van der Waals surface area contributed by atoms with Gasteiger partial charge in [0, 0.05) is 19.3 Å². The Labute approximate surface area is 484 Å². The fraction of sp³-hybridized carbons (Fsp3) is 0.792. The molecule has 1 atom stereocenters. The minimum absolute atomic E-state index is 0.0842. The van der Waals surface area contributed by atoms with Crippen LogP contribution >= 0.6 is 0 Å². The molecule has 0 aliphatic rings. The van der Waals surface area contributed by atoms with E-state index in [1.807, 2.05) is 0 Å². The molecule has 0 aromatic rings. The van der Waals surface area contributed by atoms with Crippen molar-refractivity contribution in [3.63, 3.8) is 0 Å². The summed E-state index contributed by atoms with van der Waals surface area (Å²) in [5, 5.41) is 0. The number of rotatable bonds is 62. The van der Waals surface area contributed by atoms with Crippen molar-refractivity contribution in [1.29, 1.82) is 0 Å². The van der Waals surface area contributed by atoms with Crippen molar-refractivity contribution in [3.05, 3.63) is 72.9 Å². The number of esters is 3. The first-order valence-electron chi connectivity index (χ1n) is 33.9. The highest BCUT2D eigenvalue weighted by molar-refractivity contribution is 5.71. The summed E-state index contributed by atoms with van der Waals surface area (Å²) in [6, 6.07) is 0. The van der Waals surface area contributed by atoms with Gasteiger partial charge in [0.05, 0.1) is 0 Å². The van der Waals surface area contributed by atoms with Crippen LogP contribution < -0.4 is 0 Å². The molecule has 6 heteroatoms. The predicted octanol–water partition coefficient (Wildman–Crippen LogP) is 23.3. The van der Waals surface area contributed by atoms with Gasteiger partial charge in [0.25, 0.3) is 0 Å². The summed E-state index contributed by atoms with van der Waals surface area (Å²) in [6.45, 7) is 6.63. The third-order valence-electron chi connectivity index (χ3n) is 14.9. The Bertz CT molecular complexity index is 1440. The molecule has 0 aromatic carbocycles. The second kappa shape index (κ2) is 66.4. The Hall–Kier alpha value is -3.15. The summed E-state index contributed by atoms with van der Waals surface area (Å²) in [4.78, 5) is 38.4. The van der Waals surface area contributed by atoms with Gasteiger partial charge in [-0.25, -0.2) is 0 Å². The maximum atomic E-state index is 12.9. The zero-order chi connectivity index (χ0) is 56.4. The third kappa shape index (κ3) is 63.7. The van der Waals surface area contributed by atoms with E-state index in [1.54, 1.807) is 0 Å². The predicted molar refractivity (Wildman–Crippen MR) is 339 cm³/mol. The normalized spacial score (nSPS) is 12.5. The van der Waals surface area contributed by atoms with E-state index in [2.05, 4.69) is 93.7 Å². The van der Waals surface area contributed by atoms with Gasteiger partial charge in [-0.3, -0.25) is 14.4 Å². The van der Waals surface area contributed by atoms with Gasteiger partial charge in [-0.2, -0.15) is 0 Å². The highest BCUT2D eigenvalue weighted by Gasteiger charge is 2.19. The fourth-order valence-electron chi connectivity index (χ4n) is 9.77. The fourth-order valence-corrected chi connectivity index (χ4v) is 9.77. The molecule has 0 bridgehead atoms. The largest absolute Gasteiger partial charge is 0.462 e. The molecular weight excluding hydrogens is 961 g/mol. The van der Waals surface area contributed by atoms with Crippen molar-refractivity contribution in [3.8, 4) is 0 Å². The Morgan fingerprint density at radius 1 is 0.256 bits per heavy atom. The molecule has 0 radical (unpaired) electrons. The van der Waals surface area contributed by atoms with Gasteiger partial charge < -0.3 is 14.2 Å². The van der Waals surface area contributed by atoms with E-state index in [-0.39, 0.29) is 31.1 Å². The minimum atomic E-state index is -0.791. The van der Waals surface area contributed by atoms with Gasteiger partial charge in [0.1, 0.15) is 13.2 Å². The SMILES string of the molecule is CCCCCC/C=C\C/C=C\CCCCCCCC(=O)OCC(COC(=O)CCCCCCCCCCCCC/C=C\CCCCCCCCCC)OC(=O)CCCCCCCC/C=C\C/C=C\C/C=C\CCCCCCC. The molecule has 6 nitrogen and oxygen atoms in total. The first-order chi connectivity index (χ1) is 38.5. The van der Waals surface area contributed by atoms with Gasteiger partial charge in [-0.15, -0.1) is 0 Å². The molecule has 0 aliphatic heterocycles. The van der Waals surface area contributed by atoms with E-state index in [4.69, 9.17) is 14.2 Å². The van der Waals surface area contributed by atoms with Crippen LogP contribution in [-0.2, 0) is 28.6 Å². The van der Waals surface area contributed by atoms with Crippen molar-refractivity contribution < 1.29 is 28.6 Å².